The van der Waals surface area contributed by atoms with E-state index in [0.29, 0.717) is 5.02 Å². The Hall–Kier alpha value is -0.770. The van der Waals surface area contributed by atoms with Gasteiger partial charge >= 0.3 is 0 Å². The van der Waals surface area contributed by atoms with Gasteiger partial charge in [-0.3, -0.25) is 0 Å². The van der Waals surface area contributed by atoms with Crippen LogP contribution in [0.4, 0.5) is 0 Å². The van der Waals surface area contributed by atoms with E-state index in [-0.39, 0.29) is 5.75 Å². The van der Waals surface area contributed by atoms with Crippen LogP contribution in [0.2, 0.25) is 5.02 Å². The topological polar surface area (TPSA) is 41.5 Å². The quantitative estimate of drug-likeness (QED) is 0.735. The Labute approximate surface area is 95.0 Å². The molecular weight excluding hydrogens is 214 g/mol. The second-order valence-electron chi connectivity index (χ2n) is 3.31. The average molecular weight is 230 g/mol. The van der Waals surface area contributed by atoms with Gasteiger partial charge in [0, 0.05) is 20.3 Å². The van der Waals surface area contributed by atoms with Crippen molar-refractivity contribution >= 4 is 11.6 Å². The van der Waals surface area contributed by atoms with Crippen LogP contribution in [-0.2, 0) is 11.3 Å². The van der Waals surface area contributed by atoms with Gasteiger partial charge in [0.25, 0.3) is 0 Å². The van der Waals surface area contributed by atoms with Crippen molar-refractivity contribution in [1.29, 1.82) is 0 Å². The molecule has 2 N–H and O–H groups in total. The average Bonchev–Trinajstić information content (AvgIpc) is 2.23. The van der Waals surface area contributed by atoms with Crippen LogP contribution >= 0.6 is 11.6 Å². The molecule has 0 aliphatic rings. The molecule has 0 radical (unpaired) electrons. The van der Waals surface area contributed by atoms with Crippen molar-refractivity contribution in [3.05, 3.63) is 28.8 Å². The van der Waals surface area contributed by atoms with E-state index >= 15 is 0 Å². The summed E-state index contributed by atoms with van der Waals surface area (Å²) in [6.07, 6.45) is 0.988. The van der Waals surface area contributed by atoms with Gasteiger partial charge in [-0.1, -0.05) is 17.7 Å². The third-order valence-corrected chi connectivity index (χ3v) is 2.35. The number of phenols is 1. The zero-order valence-electron chi connectivity index (χ0n) is 8.79. The van der Waals surface area contributed by atoms with Gasteiger partial charge in [-0.05, 0) is 30.7 Å². The van der Waals surface area contributed by atoms with E-state index in [4.69, 9.17) is 16.3 Å². The lowest BCUT2D eigenvalue weighted by atomic mass is 10.2. The molecule has 0 unspecified atom stereocenters. The molecule has 0 aliphatic carbocycles. The molecular formula is C11H16ClNO2. The minimum Gasteiger partial charge on any atom is -0.506 e. The number of aromatic hydroxyl groups is 1. The van der Waals surface area contributed by atoms with Crippen molar-refractivity contribution in [2.45, 2.75) is 13.0 Å². The van der Waals surface area contributed by atoms with Crippen LogP contribution in [0.3, 0.4) is 0 Å². The molecule has 15 heavy (non-hydrogen) atoms. The molecule has 0 aromatic heterocycles. The second kappa shape index (κ2) is 6.67. The number of halogens is 1. The van der Waals surface area contributed by atoms with Crippen molar-refractivity contribution in [1.82, 2.24) is 5.32 Å². The Kier molecular flexibility index (Phi) is 5.47. The van der Waals surface area contributed by atoms with Gasteiger partial charge in [-0.2, -0.15) is 0 Å². The molecule has 84 valence electrons. The maximum Gasteiger partial charge on any atom is 0.134 e. The maximum atomic E-state index is 9.22. The fraction of sp³-hybridized carbons (Fsp3) is 0.455. The number of phenolic OH excluding ortho intramolecular Hbond substituents is 1. The van der Waals surface area contributed by atoms with Gasteiger partial charge in [-0.25, -0.2) is 0 Å². The standard InChI is InChI=1S/C11H16ClNO2/c1-15-6-2-5-13-8-9-3-4-11(14)10(12)7-9/h3-4,7,13-14H,2,5-6,8H2,1H3. The first-order valence-corrected chi connectivity index (χ1v) is 5.29. The summed E-state index contributed by atoms with van der Waals surface area (Å²) in [4.78, 5) is 0. The SMILES string of the molecule is COCCCNCc1ccc(O)c(Cl)c1. The minimum absolute atomic E-state index is 0.125. The van der Waals surface area contributed by atoms with Crippen LogP contribution in [0.25, 0.3) is 0 Å². The number of benzene rings is 1. The molecule has 0 atom stereocenters. The van der Waals surface area contributed by atoms with E-state index < -0.39 is 0 Å². The number of methoxy groups -OCH3 is 1. The fourth-order valence-electron chi connectivity index (χ4n) is 1.23. The highest BCUT2D eigenvalue weighted by atomic mass is 35.5. The van der Waals surface area contributed by atoms with Crippen LogP contribution < -0.4 is 5.32 Å². The lowest BCUT2D eigenvalue weighted by Gasteiger charge is -2.05. The van der Waals surface area contributed by atoms with Gasteiger partial charge in [0.2, 0.25) is 0 Å². The molecule has 0 saturated carbocycles. The summed E-state index contributed by atoms with van der Waals surface area (Å²) in [5, 5.41) is 12.9. The predicted molar refractivity (Wildman–Crippen MR) is 61.3 cm³/mol. The third-order valence-electron chi connectivity index (χ3n) is 2.04. The third kappa shape index (κ3) is 4.51. The van der Waals surface area contributed by atoms with E-state index in [0.717, 1.165) is 31.7 Å². The summed E-state index contributed by atoms with van der Waals surface area (Å²) < 4.78 is 4.93. The van der Waals surface area contributed by atoms with Crippen molar-refractivity contribution in [2.24, 2.45) is 0 Å². The van der Waals surface area contributed by atoms with Gasteiger partial charge in [-0.15, -0.1) is 0 Å². The molecule has 1 aromatic rings. The Balaban J connectivity index is 2.28. The van der Waals surface area contributed by atoms with Gasteiger partial charge < -0.3 is 15.2 Å². The smallest absolute Gasteiger partial charge is 0.134 e. The van der Waals surface area contributed by atoms with E-state index in [1.165, 1.54) is 0 Å². The number of hydrogen-bond acceptors (Lipinski definition) is 3. The monoisotopic (exact) mass is 229 g/mol. The molecule has 1 rings (SSSR count). The van der Waals surface area contributed by atoms with E-state index in [2.05, 4.69) is 5.32 Å². The first kappa shape index (κ1) is 12.3. The molecule has 0 fully saturated rings. The second-order valence-corrected chi connectivity index (χ2v) is 3.72. The molecule has 3 nitrogen and oxygen atoms in total. The van der Waals surface area contributed by atoms with Gasteiger partial charge in [0.05, 0.1) is 5.02 Å². The van der Waals surface area contributed by atoms with Crippen LogP contribution in [0.5, 0.6) is 5.75 Å². The zero-order chi connectivity index (χ0) is 11.1. The minimum atomic E-state index is 0.125. The molecule has 0 aliphatic heterocycles. The maximum absolute atomic E-state index is 9.22. The molecule has 0 heterocycles. The number of ether oxygens (including phenoxy) is 1. The predicted octanol–water partition coefficient (Wildman–Crippen LogP) is 2.17. The lowest BCUT2D eigenvalue weighted by Crippen LogP contribution is -2.15. The normalized spacial score (nSPS) is 10.5. The van der Waals surface area contributed by atoms with Crippen LogP contribution in [0.1, 0.15) is 12.0 Å². The van der Waals surface area contributed by atoms with Gasteiger partial charge in [0.1, 0.15) is 5.75 Å². The van der Waals surface area contributed by atoms with Gasteiger partial charge in [0.15, 0.2) is 0 Å². The summed E-state index contributed by atoms with van der Waals surface area (Å²) >= 11 is 5.78. The van der Waals surface area contributed by atoms with E-state index in [1.54, 1.807) is 19.2 Å². The molecule has 0 saturated heterocycles. The summed E-state index contributed by atoms with van der Waals surface area (Å²) in [6.45, 7) is 2.43. The summed E-state index contributed by atoms with van der Waals surface area (Å²) in [7, 11) is 1.69. The Morgan fingerprint density at radius 3 is 2.93 bits per heavy atom. The van der Waals surface area contributed by atoms with Crippen molar-refractivity contribution in [2.75, 3.05) is 20.3 Å². The van der Waals surface area contributed by atoms with Crippen LogP contribution in [0.15, 0.2) is 18.2 Å². The Bertz CT molecular complexity index is 305. The highest BCUT2D eigenvalue weighted by Gasteiger charge is 1.99. The largest absolute Gasteiger partial charge is 0.506 e. The summed E-state index contributed by atoms with van der Waals surface area (Å²) in [5.74, 6) is 0.125. The van der Waals surface area contributed by atoms with Crippen LogP contribution in [-0.4, -0.2) is 25.4 Å². The number of hydrogen-bond donors (Lipinski definition) is 2. The number of rotatable bonds is 6. The first-order valence-electron chi connectivity index (χ1n) is 4.91. The van der Waals surface area contributed by atoms with E-state index in [9.17, 15) is 5.11 Å². The molecule has 1 aromatic carbocycles. The van der Waals surface area contributed by atoms with E-state index in [1.807, 2.05) is 6.07 Å². The zero-order valence-corrected chi connectivity index (χ0v) is 9.55. The van der Waals surface area contributed by atoms with Crippen molar-refractivity contribution in [3.8, 4) is 5.75 Å². The fourth-order valence-corrected chi connectivity index (χ4v) is 1.44. The molecule has 0 spiro atoms. The highest BCUT2D eigenvalue weighted by molar-refractivity contribution is 6.32. The number of nitrogens with one attached hydrogen (secondary N) is 1. The summed E-state index contributed by atoms with van der Waals surface area (Å²) in [5.41, 5.74) is 1.07. The summed E-state index contributed by atoms with van der Waals surface area (Å²) in [6, 6.07) is 5.22. The first-order chi connectivity index (χ1) is 7.24. The Morgan fingerprint density at radius 1 is 1.47 bits per heavy atom. The molecule has 4 heteroatoms. The molecule has 0 amide bonds. The highest BCUT2D eigenvalue weighted by Crippen LogP contribution is 2.23. The molecule has 0 bridgehead atoms. The lowest BCUT2D eigenvalue weighted by molar-refractivity contribution is 0.194. The van der Waals surface area contributed by atoms with Crippen molar-refractivity contribution in [3.63, 3.8) is 0 Å². The van der Waals surface area contributed by atoms with Crippen LogP contribution in [0, 0.1) is 0 Å². The Morgan fingerprint density at radius 2 is 2.27 bits per heavy atom. The van der Waals surface area contributed by atoms with Crippen molar-refractivity contribution < 1.29 is 9.84 Å².